The zero-order chi connectivity index (χ0) is 19.5. The van der Waals surface area contributed by atoms with Gasteiger partial charge in [0.05, 0.1) is 18.9 Å². The lowest BCUT2D eigenvalue weighted by atomic mass is 10.1. The van der Waals surface area contributed by atoms with Crippen molar-refractivity contribution in [1.82, 2.24) is 24.3 Å². The van der Waals surface area contributed by atoms with Crippen LogP contribution in [0.2, 0.25) is 0 Å². The predicted molar refractivity (Wildman–Crippen MR) is 105 cm³/mol. The molecule has 1 N–H and O–H groups in total. The Morgan fingerprint density at radius 2 is 2.29 bits per heavy atom. The molecule has 1 fully saturated rings. The summed E-state index contributed by atoms with van der Waals surface area (Å²) in [4.78, 5) is 10.7. The maximum absolute atomic E-state index is 13.0. The largest absolute Gasteiger partial charge is 0.373 e. The molecule has 1 aliphatic heterocycles. The first kappa shape index (κ1) is 19.0. The van der Waals surface area contributed by atoms with Crippen LogP contribution < -0.4 is 9.62 Å². The van der Waals surface area contributed by atoms with E-state index in [1.807, 2.05) is 18.4 Å². The molecule has 0 amide bonds. The number of rotatable bonds is 6. The van der Waals surface area contributed by atoms with Gasteiger partial charge in [0.25, 0.3) is 6.43 Å². The number of alkyl halides is 2. The molecule has 1 saturated heterocycles. The quantitative estimate of drug-likeness (QED) is 0.632. The molecule has 28 heavy (non-hydrogen) atoms. The summed E-state index contributed by atoms with van der Waals surface area (Å²) < 4.78 is 36.6. The van der Waals surface area contributed by atoms with Crippen LogP contribution in [0, 0.1) is 0 Å². The van der Waals surface area contributed by atoms with E-state index in [0.717, 1.165) is 31.0 Å². The molecular formula is C18H20F2N6OS. The minimum absolute atomic E-state index is 0.0823. The Labute approximate surface area is 165 Å². The highest BCUT2D eigenvalue weighted by atomic mass is 32.2. The normalized spacial score (nSPS) is 17.6. The molecule has 1 aliphatic rings. The van der Waals surface area contributed by atoms with E-state index in [-0.39, 0.29) is 11.8 Å². The van der Waals surface area contributed by atoms with Crippen molar-refractivity contribution >= 4 is 23.4 Å². The van der Waals surface area contributed by atoms with Gasteiger partial charge >= 0.3 is 0 Å². The van der Waals surface area contributed by atoms with Crippen LogP contribution in [0.3, 0.4) is 0 Å². The first-order chi connectivity index (χ1) is 13.7. The molecule has 4 rings (SSSR count). The van der Waals surface area contributed by atoms with Crippen LogP contribution in [0.1, 0.15) is 12.1 Å². The van der Waals surface area contributed by atoms with Gasteiger partial charge in [-0.25, -0.2) is 23.3 Å². The summed E-state index contributed by atoms with van der Waals surface area (Å²) in [5.74, 6) is 0.819. The number of fused-ring (bicyclic) bond motifs is 1. The molecule has 0 spiro atoms. The molecule has 10 heteroatoms. The summed E-state index contributed by atoms with van der Waals surface area (Å²) in [7, 11) is 0. The van der Waals surface area contributed by atoms with Crippen molar-refractivity contribution in [2.75, 3.05) is 37.4 Å². The highest BCUT2D eigenvalue weighted by Crippen LogP contribution is 2.28. The van der Waals surface area contributed by atoms with Crippen LogP contribution in [-0.4, -0.2) is 58.2 Å². The van der Waals surface area contributed by atoms with Gasteiger partial charge in [-0.1, -0.05) is 11.9 Å². The van der Waals surface area contributed by atoms with Gasteiger partial charge in [-0.2, -0.15) is 5.10 Å². The lowest BCUT2D eigenvalue weighted by Crippen LogP contribution is -2.46. The third-order valence-corrected chi connectivity index (χ3v) is 5.04. The second-order valence-electron chi connectivity index (χ2n) is 6.37. The lowest BCUT2D eigenvalue weighted by molar-refractivity contribution is 0.0444. The summed E-state index contributed by atoms with van der Waals surface area (Å²) in [6.07, 6.45) is 4.30. The Hall–Kier alpha value is -2.30. The summed E-state index contributed by atoms with van der Waals surface area (Å²) in [6.45, 7) is 2.86. The molecule has 3 aromatic rings. The van der Waals surface area contributed by atoms with E-state index >= 15 is 0 Å². The van der Waals surface area contributed by atoms with Crippen molar-refractivity contribution < 1.29 is 13.5 Å². The van der Waals surface area contributed by atoms with Crippen molar-refractivity contribution in [3.05, 3.63) is 42.5 Å². The molecule has 1 unspecified atom stereocenters. The second kappa shape index (κ2) is 8.38. The van der Waals surface area contributed by atoms with Crippen molar-refractivity contribution in [3.63, 3.8) is 0 Å². The number of ether oxygens (including phenoxy) is 1. The third kappa shape index (κ3) is 3.94. The zero-order valence-electron chi connectivity index (χ0n) is 15.3. The first-order valence-corrected chi connectivity index (χ1v) is 10.1. The molecular weight excluding hydrogens is 386 g/mol. The Morgan fingerprint density at radius 3 is 3.11 bits per heavy atom. The van der Waals surface area contributed by atoms with E-state index in [1.165, 1.54) is 16.8 Å². The van der Waals surface area contributed by atoms with E-state index in [9.17, 15) is 8.78 Å². The molecule has 1 atom stereocenters. The van der Waals surface area contributed by atoms with Crippen LogP contribution in [0.5, 0.6) is 0 Å². The van der Waals surface area contributed by atoms with Gasteiger partial charge in [-0.15, -0.1) is 0 Å². The van der Waals surface area contributed by atoms with Crippen molar-refractivity contribution in [2.24, 2.45) is 0 Å². The fourth-order valence-corrected chi connectivity index (χ4v) is 3.55. The molecule has 4 heterocycles. The van der Waals surface area contributed by atoms with Gasteiger partial charge in [0, 0.05) is 37.6 Å². The lowest BCUT2D eigenvalue weighted by Gasteiger charge is -2.33. The number of pyridine rings is 1. The van der Waals surface area contributed by atoms with E-state index in [4.69, 9.17) is 4.74 Å². The molecule has 7 nitrogen and oxygen atoms in total. The van der Waals surface area contributed by atoms with Gasteiger partial charge in [0.2, 0.25) is 0 Å². The Morgan fingerprint density at radius 1 is 1.39 bits per heavy atom. The number of nitrogens with zero attached hydrogens (tertiary/aromatic N) is 5. The summed E-state index contributed by atoms with van der Waals surface area (Å²) >= 11 is 1.56. The number of anilines is 1. The van der Waals surface area contributed by atoms with Gasteiger partial charge in [0.15, 0.2) is 5.65 Å². The fraction of sp³-hybridized carbons (Fsp3) is 0.389. The Kier molecular flexibility index (Phi) is 5.69. The average Bonchev–Trinajstić information content (AvgIpc) is 3.16. The summed E-state index contributed by atoms with van der Waals surface area (Å²) in [5.41, 5.74) is 1.67. The Bertz CT molecular complexity index is 953. The van der Waals surface area contributed by atoms with Crippen LogP contribution in [0.15, 0.2) is 36.8 Å². The van der Waals surface area contributed by atoms with Gasteiger partial charge in [0.1, 0.15) is 11.5 Å². The topological polar surface area (TPSA) is 67.6 Å². The molecule has 0 bridgehead atoms. The van der Waals surface area contributed by atoms with Crippen LogP contribution in [-0.2, 0) is 4.74 Å². The third-order valence-electron chi connectivity index (χ3n) is 4.59. The number of aromatic nitrogens is 4. The SMILES string of the molecule is CSNCC1CN(c2cc(-c3cnn4ccc(C(F)F)nc34)ccn2)CCO1. The fourth-order valence-electron chi connectivity index (χ4n) is 3.19. The maximum atomic E-state index is 13.0. The number of hydrogen-bond donors (Lipinski definition) is 1. The molecule has 3 aromatic heterocycles. The molecule has 0 aliphatic carbocycles. The Balaban J connectivity index is 1.62. The molecule has 148 valence electrons. The number of morpholine rings is 1. The monoisotopic (exact) mass is 406 g/mol. The first-order valence-electron chi connectivity index (χ1n) is 8.87. The van der Waals surface area contributed by atoms with Crippen molar-refractivity contribution in [1.29, 1.82) is 0 Å². The van der Waals surface area contributed by atoms with Gasteiger partial charge in [-0.05, 0) is 30.0 Å². The molecule has 0 saturated carbocycles. The van der Waals surface area contributed by atoms with Gasteiger partial charge in [-0.3, -0.25) is 4.72 Å². The smallest absolute Gasteiger partial charge is 0.280 e. The van der Waals surface area contributed by atoms with Crippen molar-refractivity contribution in [3.8, 4) is 11.1 Å². The average molecular weight is 406 g/mol. The standard InChI is InChI=1S/C18H20F2N6OS/c1-28-23-9-13-11-25(6-7-27-13)16-8-12(2-4-21-16)14-10-22-26-5-3-15(17(19)20)24-18(14)26/h2-5,8,10,13,17,23H,6-7,9,11H2,1H3. The molecule has 0 radical (unpaired) electrons. The maximum Gasteiger partial charge on any atom is 0.280 e. The van der Waals surface area contributed by atoms with Crippen LogP contribution in [0.25, 0.3) is 16.8 Å². The van der Waals surface area contributed by atoms with E-state index in [2.05, 4.69) is 24.7 Å². The summed E-state index contributed by atoms with van der Waals surface area (Å²) in [5, 5.41) is 4.23. The number of hydrogen-bond acceptors (Lipinski definition) is 7. The van der Waals surface area contributed by atoms with Crippen LogP contribution in [0.4, 0.5) is 14.6 Å². The minimum Gasteiger partial charge on any atom is -0.373 e. The predicted octanol–water partition coefficient (Wildman–Crippen LogP) is 2.80. The number of halogens is 2. The van der Waals surface area contributed by atoms with E-state index in [1.54, 1.807) is 24.3 Å². The highest BCUT2D eigenvalue weighted by molar-refractivity contribution is 7.96. The van der Waals surface area contributed by atoms with Crippen LogP contribution >= 0.6 is 11.9 Å². The van der Waals surface area contributed by atoms with E-state index < -0.39 is 6.43 Å². The second-order valence-corrected chi connectivity index (χ2v) is 7.07. The summed E-state index contributed by atoms with van der Waals surface area (Å²) in [6, 6.07) is 5.06. The zero-order valence-corrected chi connectivity index (χ0v) is 16.1. The molecule has 0 aromatic carbocycles. The number of nitrogens with one attached hydrogen (secondary N) is 1. The van der Waals surface area contributed by atoms with Crippen molar-refractivity contribution in [2.45, 2.75) is 12.5 Å². The van der Waals surface area contributed by atoms with Gasteiger partial charge < -0.3 is 9.64 Å². The minimum atomic E-state index is -2.62. The van der Waals surface area contributed by atoms with E-state index in [0.29, 0.717) is 17.8 Å². The highest BCUT2D eigenvalue weighted by Gasteiger charge is 2.22.